The molecule has 0 saturated heterocycles. The van der Waals surface area contributed by atoms with Crippen molar-refractivity contribution >= 4 is 35.1 Å². The second kappa shape index (κ2) is 12.4. The van der Waals surface area contributed by atoms with E-state index < -0.39 is 11.9 Å². The molecule has 7 heteroatoms. The first-order valence-corrected chi connectivity index (χ1v) is 13.1. The number of para-hydroxylation sites is 2. The predicted octanol–water partition coefficient (Wildman–Crippen LogP) is 6.63. The van der Waals surface area contributed by atoms with Gasteiger partial charge in [0.25, 0.3) is 0 Å². The Bertz CT molecular complexity index is 1350. The fraction of sp³-hybridized carbons (Fsp3) is 0.161. The smallest absolute Gasteiger partial charge is 0.346 e. The Kier molecular flexibility index (Phi) is 8.84. The molecule has 38 heavy (non-hydrogen) atoms. The molecule has 1 N–H and O–H groups in total. The number of nitrogens with zero attached hydrogens (tertiary/aromatic N) is 2. The Balaban J connectivity index is 0.000000178. The van der Waals surface area contributed by atoms with Gasteiger partial charge in [-0.25, -0.2) is 9.59 Å². The van der Waals surface area contributed by atoms with E-state index in [-0.39, 0.29) is 11.3 Å². The minimum atomic E-state index is -0.746. The van der Waals surface area contributed by atoms with Crippen LogP contribution in [0.25, 0.3) is 0 Å². The number of carbonyl (C=O) groups is 2. The van der Waals surface area contributed by atoms with E-state index in [9.17, 15) is 9.59 Å². The molecule has 6 nitrogen and oxygen atoms in total. The Labute approximate surface area is 227 Å². The van der Waals surface area contributed by atoms with E-state index in [1.165, 1.54) is 45.4 Å². The number of hydrogen-bond acceptors (Lipinski definition) is 7. The standard InChI is InChI=1S/C17H20N2S.C14H10O4/c1-13(18(2)3)12-19-14-8-4-6-10-16(14)20-17-11-7-5-9-15(17)19;15-12-8-6-11(7-9-12)14(17)18-13(16)10-4-2-1-3-5-10/h4-11,13H,12H2,1-3H3;1-9,15H. The lowest BCUT2D eigenvalue weighted by Crippen LogP contribution is -2.37. The maximum absolute atomic E-state index is 11.6. The molecule has 0 fully saturated rings. The van der Waals surface area contributed by atoms with Crippen LogP contribution in [0.3, 0.4) is 0 Å². The average molecular weight is 527 g/mol. The molecule has 1 aliphatic rings. The van der Waals surface area contributed by atoms with Crippen molar-refractivity contribution in [2.75, 3.05) is 25.5 Å². The number of fused-ring (bicyclic) bond motifs is 2. The molecular formula is C31H30N2O4S. The minimum Gasteiger partial charge on any atom is -0.508 e. The molecule has 0 amide bonds. The van der Waals surface area contributed by atoms with Crippen LogP contribution in [0.4, 0.5) is 11.4 Å². The fourth-order valence-corrected chi connectivity index (χ4v) is 4.87. The van der Waals surface area contributed by atoms with Crippen molar-refractivity contribution in [1.82, 2.24) is 4.90 Å². The lowest BCUT2D eigenvalue weighted by Gasteiger charge is -2.36. The summed E-state index contributed by atoms with van der Waals surface area (Å²) in [6, 6.07) is 31.6. The highest BCUT2D eigenvalue weighted by molar-refractivity contribution is 7.99. The van der Waals surface area contributed by atoms with Gasteiger partial charge in [0.05, 0.1) is 22.5 Å². The quantitative estimate of drug-likeness (QED) is 0.231. The van der Waals surface area contributed by atoms with Gasteiger partial charge in [-0.05, 0) is 81.7 Å². The summed E-state index contributed by atoms with van der Waals surface area (Å²) >= 11 is 1.87. The largest absolute Gasteiger partial charge is 0.508 e. The first-order valence-electron chi connectivity index (χ1n) is 12.2. The first kappa shape index (κ1) is 27.0. The van der Waals surface area contributed by atoms with E-state index in [0.29, 0.717) is 11.6 Å². The Morgan fingerprint density at radius 2 is 1.24 bits per heavy atom. The topological polar surface area (TPSA) is 70.1 Å². The highest BCUT2D eigenvalue weighted by Gasteiger charge is 2.24. The lowest BCUT2D eigenvalue weighted by molar-refractivity contribution is 0.0398. The molecule has 1 unspecified atom stereocenters. The minimum absolute atomic E-state index is 0.0425. The van der Waals surface area contributed by atoms with Crippen LogP contribution in [-0.4, -0.2) is 48.6 Å². The van der Waals surface area contributed by atoms with Crippen molar-refractivity contribution in [2.45, 2.75) is 22.8 Å². The third-order valence-electron chi connectivity index (χ3n) is 6.16. The number of hydrogen-bond donors (Lipinski definition) is 1. The van der Waals surface area contributed by atoms with E-state index >= 15 is 0 Å². The number of benzene rings is 4. The molecule has 0 bridgehead atoms. The molecule has 4 aromatic rings. The highest BCUT2D eigenvalue weighted by Crippen LogP contribution is 2.47. The maximum Gasteiger partial charge on any atom is 0.346 e. The van der Waals surface area contributed by atoms with E-state index in [4.69, 9.17) is 9.84 Å². The zero-order valence-electron chi connectivity index (χ0n) is 21.6. The van der Waals surface area contributed by atoms with Gasteiger partial charge in [0.2, 0.25) is 0 Å². The number of likely N-dealkylation sites (N-methyl/N-ethyl adjacent to an activating group) is 1. The molecule has 5 rings (SSSR count). The molecule has 194 valence electrons. The van der Waals surface area contributed by atoms with Crippen molar-refractivity contribution in [3.05, 3.63) is 114 Å². The van der Waals surface area contributed by atoms with Crippen LogP contribution >= 0.6 is 11.8 Å². The number of phenolic OH excluding ortho intramolecular Hbond substituents is 1. The van der Waals surface area contributed by atoms with Gasteiger partial charge in [0.15, 0.2) is 0 Å². The van der Waals surface area contributed by atoms with Crippen LogP contribution in [0.15, 0.2) is 113 Å². The summed E-state index contributed by atoms with van der Waals surface area (Å²) in [6.07, 6.45) is 0. The van der Waals surface area contributed by atoms with E-state index in [1.807, 2.05) is 11.8 Å². The van der Waals surface area contributed by atoms with Crippen LogP contribution in [0.5, 0.6) is 5.75 Å². The van der Waals surface area contributed by atoms with E-state index in [2.05, 4.69) is 79.3 Å². The van der Waals surface area contributed by atoms with Gasteiger partial charge >= 0.3 is 11.9 Å². The molecule has 0 aromatic heterocycles. The van der Waals surface area contributed by atoms with E-state index in [1.54, 1.807) is 30.3 Å². The first-order chi connectivity index (χ1) is 18.3. The number of anilines is 2. The normalized spacial score (nSPS) is 12.5. The van der Waals surface area contributed by atoms with Crippen LogP contribution < -0.4 is 4.90 Å². The second-order valence-corrected chi connectivity index (χ2v) is 10.1. The molecule has 0 radical (unpaired) electrons. The number of phenols is 1. The van der Waals surface area contributed by atoms with Gasteiger partial charge in [-0.3, -0.25) is 0 Å². The van der Waals surface area contributed by atoms with Gasteiger partial charge in [-0.2, -0.15) is 0 Å². The van der Waals surface area contributed by atoms with Crippen molar-refractivity contribution in [1.29, 1.82) is 0 Å². The van der Waals surface area contributed by atoms with Gasteiger partial charge < -0.3 is 19.6 Å². The number of rotatable bonds is 5. The van der Waals surface area contributed by atoms with Crippen LogP contribution in [0.2, 0.25) is 0 Å². The molecule has 1 aliphatic heterocycles. The predicted molar refractivity (Wildman–Crippen MR) is 151 cm³/mol. The van der Waals surface area contributed by atoms with Crippen LogP contribution in [0.1, 0.15) is 27.6 Å². The lowest BCUT2D eigenvalue weighted by atomic mass is 10.2. The molecule has 0 spiro atoms. The summed E-state index contributed by atoms with van der Waals surface area (Å²) in [6.45, 7) is 3.27. The zero-order valence-corrected chi connectivity index (χ0v) is 22.4. The Morgan fingerprint density at radius 1 is 0.763 bits per heavy atom. The van der Waals surface area contributed by atoms with Gasteiger partial charge in [0.1, 0.15) is 5.75 Å². The molecule has 1 heterocycles. The molecule has 4 aromatic carbocycles. The van der Waals surface area contributed by atoms with Crippen molar-refractivity contribution < 1.29 is 19.4 Å². The third kappa shape index (κ3) is 6.62. The monoisotopic (exact) mass is 526 g/mol. The average Bonchev–Trinajstić information content (AvgIpc) is 2.94. The van der Waals surface area contributed by atoms with Crippen molar-refractivity contribution in [2.24, 2.45) is 0 Å². The molecule has 0 aliphatic carbocycles. The van der Waals surface area contributed by atoms with Crippen molar-refractivity contribution in [3.63, 3.8) is 0 Å². The van der Waals surface area contributed by atoms with Crippen LogP contribution in [0, 0.1) is 0 Å². The molecule has 1 atom stereocenters. The SMILES string of the molecule is CC(CN1c2ccccc2Sc2ccccc21)N(C)C.O=C(OC(=O)c1ccc(O)cc1)c1ccccc1. The number of aromatic hydroxyl groups is 1. The van der Waals surface area contributed by atoms with Gasteiger partial charge in [-0.1, -0.05) is 54.2 Å². The summed E-state index contributed by atoms with van der Waals surface area (Å²) in [4.78, 5) is 30.6. The summed E-state index contributed by atoms with van der Waals surface area (Å²) in [5.41, 5.74) is 3.16. The van der Waals surface area contributed by atoms with Gasteiger partial charge in [0, 0.05) is 22.4 Å². The summed E-state index contributed by atoms with van der Waals surface area (Å²) in [7, 11) is 4.28. The van der Waals surface area contributed by atoms with E-state index in [0.717, 1.165) is 6.54 Å². The summed E-state index contributed by atoms with van der Waals surface area (Å²) in [5.74, 6) is -1.40. The molecular weight excluding hydrogens is 496 g/mol. The number of ether oxygens (including phenoxy) is 1. The number of esters is 2. The zero-order chi connectivity index (χ0) is 27.1. The Hall–Kier alpha value is -4.07. The summed E-state index contributed by atoms with van der Waals surface area (Å²) in [5, 5.41) is 9.08. The molecule has 0 saturated carbocycles. The Morgan fingerprint density at radius 3 is 1.76 bits per heavy atom. The highest BCUT2D eigenvalue weighted by atomic mass is 32.2. The van der Waals surface area contributed by atoms with Crippen LogP contribution in [-0.2, 0) is 4.74 Å². The maximum atomic E-state index is 11.6. The second-order valence-electron chi connectivity index (χ2n) is 9.05. The summed E-state index contributed by atoms with van der Waals surface area (Å²) < 4.78 is 4.70. The fourth-order valence-electron chi connectivity index (χ4n) is 3.78. The van der Waals surface area contributed by atoms with Gasteiger partial charge in [-0.15, -0.1) is 0 Å². The number of carbonyl (C=O) groups excluding carboxylic acids is 2. The van der Waals surface area contributed by atoms with Crippen molar-refractivity contribution in [3.8, 4) is 5.75 Å². The third-order valence-corrected chi connectivity index (χ3v) is 7.29.